The van der Waals surface area contributed by atoms with Crippen molar-refractivity contribution >= 4 is 15.9 Å². The van der Waals surface area contributed by atoms with Crippen LogP contribution in [0.25, 0.3) is 0 Å². The Hall–Kier alpha value is -1.56. The lowest BCUT2D eigenvalue weighted by molar-refractivity contribution is 0.415. The quantitative estimate of drug-likeness (QED) is 0.804. The van der Waals surface area contributed by atoms with Crippen molar-refractivity contribution < 1.29 is 17.0 Å². The first kappa shape index (κ1) is 11.5. The molecule has 0 aliphatic rings. The van der Waals surface area contributed by atoms with Crippen LogP contribution in [0.3, 0.4) is 0 Å². The zero-order valence-corrected chi connectivity index (χ0v) is 8.79. The van der Waals surface area contributed by atoms with Crippen molar-refractivity contribution in [1.82, 2.24) is 0 Å². The Bertz CT molecular complexity index is 439. The van der Waals surface area contributed by atoms with E-state index >= 15 is 0 Å². The van der Waals surface area contributed by atoms with Crippen molar-refractivity contribution in [3.63, 3.8) is 0 Å². The lowest BCUT2D eigenvalue weighted by atomic mass is 10.3. The SMILES string of the molecule is COc1ccc(NC=CS(=O)(=O)F)cc1. The normalized spacial score (nSPS) is 11.6. The van der Waals surface area contributed by atoms with Crippen molar-refractivity contribution in [1.29, 1.82) is 0 Å². The van der Waals surface area contributed by atoms with E-state index in [1.165, 1.54) is 7.11 Å². The molecule has 0 aliphatic heterocycles. The second-order valence-electron chi connectivity index (χ2n) is 2.65. The second-order valence-corrected chi connectivity index (χ2v) is 3.87. The standard InChI is InChI=1S/C9H10FNO3S/c1-14-9-4-2-8(3-5-9)11-6-7-15(10,12)13/h2-7,11H,1H3. The number of methoxy groups -OCH3 is 1. The van der Waals surface area contributed by atoms with Gasteiger partial charge in [-0.2, -0.15) is 8.42 Å². The zero-order chi connectivity index (χ0) is 11.3. The molecule has 0 saturated heterocycles. The number of hydrogen-bond acceptors (Lipinski definition) is 4. The molecule has 0 amide bonds. The summed E-state index contributed by atoms with van der Waals surface area (Å²) < 4.78 is 37.2. The number of halogens is 1. The molecule has 1 N–H and O–H groups in total. The van der Waals surface area contributed by atoms with Crippen LogP contribution in [0.5, 0.6) is 5.75 Å². The molecule has 82 valence electrons. The molecule has 4 nitrogen and oxygen atoms in total. The number of ether oxygens (including phenoxy) is 1. The Balaban J connectivity index is 2.63. The molecule has 0 bridgehead atoms. The van der Waals surface area contributed by atoms with E-state index in [1.807, 2.05) is 0 Å². The molecule has 0 aliphatic carbocycles. The topological polar surface area (TPSA) is 55.4 Å². The largest absolute Gasteiger partial charge is 0.497 e. The first-order valence-electron chi connectivity index (χ1n) is 4.03. The molecule has 6 heteroatoms. The fourth-order valence-corrected chi connectivity index (χ4v) is 1.13. The summed E-state index contributed by atoms with van der Waals surface area (Å²) in [4.78, 5) is 0. The van der Waals surface area contributed by atoms with Crippen molar-refractivity contribution in [3.05, 3.63) is 35.9 Å². The van der Waals surface area contributed by atoms with Gasteiger partial charge in [0, 0.05) is 11.9 Å². The summed E-state index contributed by atoms with van der Waals surface area (Å²) in [5, 5.41) is 3.04. The summed E-state index contributed by atoms with van der Waals surface area (Å²) >= 11 is 0. The Kier molecular flexibility index (Phi) is 3.68. The lowest BCUT2D eigenvalue weighted by Crippen LogP contribution is -1.90. The molecule has 0 unspecified atom stereocenters. The highest BCUT2D eigenvalue weighted by molar-refractivity contribution is 7.89. The fourth-order valence-electron chi connectivity index (χ4n) is 0.899. The van der Waals surface area contributed by atoms with Crippen molar-refractivity contribution in [3.8, 4) is 5.75 Å². The van der Waals surface area contributed by atoms with Crippen LogP contribution in [0.15, 0.2) is 35.9 Å². The second kappa shape index (κ2) is 4.79. The molecule has 0 fully saturated rings. The molecule has 1 aromatic rings. The van der Waals surface area contributed by atoms with Crippen LogP contribution >= 0.6 is 0 Å². The first-order chi connectivity index (χ1) is 7.01. The molecule has 0 saturated carbocycles. The summed E-state index contributed by atoms with van der Waals surface area (Å²) in [6.45, 7) is 0. The molecule has 1 rings (SSSR count). The van der Waals surface area contributed by atoms with E-state index in [0.717, 1.165) is 6.20 Å². The Labute approximate surface area is 87.6 Å². The number of rotatable bonds is 4. The molecule has 0 aromatic heterocycles. The van der Waals surface area contributed by atoms with Gasteiger partial charge in [-0.25, -0.2) is 0 Å². The highest BCUT2D eigenvalue weighted by atomic mass is 32.3. The molecule has 1 aromatic carbocycles. The smallest absolute Gasteiger partial charge is 0.326 e. The van der Waals surface area contributed by atoms with Gasteiger partial charge in [-0.05, 0) is 24.3 Å². The van der Waals surface area contributed by atoms with Crippen LogP contribution in [0.1, 0.15) is 0 Å². The van der Waals surface area contributed by atoms with Crippen LogP contribution in [0, 0.1) is 0 Å². The van der Waals surface area contributed by atoms with Gasteiger partial charge in [-0.1, -0.05) is 0 Å². The van der Waals surface area contributed by atoms with E-state index in [0.29, 0.717) is 16.8 Å². The molecule has 0 heterocycles. The summed E-state index contributed by atoms with van der Waals surface area (Å²) in [6.07, 6.45) is 1.01. The van der Waals surface area contributed by atoms with Gasteiger partial charge in [0.25, 0.3) is 0 Å². The molecular weight excluding hydrogens is 221 g/mol. The highest BCUT2D eigenvalue weighted by Crippen LogP contribution is 2.14. The van der Waals surface area contributed by atoms with Crippen LogP contribution < -0.4 is 10.1 Å². The van der Waals surface area contributed by atoms with Crippen molar-refractivity contribution in [2.45, 2.75) is 0 Å². The van der Waals surface area contributed by atoms with Crippen LogP contribution in [-0.2, 0) is 10.2 Å². The van der Waals surface area contributed by atoms with E-state index in [9.17, 15) is 12.3 Å². The Morgan fingerprint density at radius 3 is 2.40 bits per heavy atom. The van der Waals surface area contributed by atoms with Gasteiger partial charge in [0.1, 0.15) is 5.75 Å². The number of anilines is 1. The summed E-state index contributed by atoms with van der Waals surface area (Å²) in [5.74, 6) is 0.683. The van der Waals surface area contributed by atoms with E-state index in [1.54, 1.807) is 24.3 Å². The average Bonchev–Trinajstić information content (AvgIpc) is 2.17. The van der Waals surface area contributed by atoms with Crippen molar-refractivity contribution in [2.24, 2.45) is 0 Å². The zero-order valence-electron chi connectivity index (χ0n) is 7.98. The Morgan fingerprint density at radius 2 is 1.93 bits per heavy atom. The predicted molar refractivity (Wildman–Crippen MR) is 55.8 cm³/mol. The van der Waals surface area contributed by atoms with E-state index < -0.39 is 10.2 Å². The molecule has 0 radical (unpaired) electrons. The van der Waals surface area contributed by atoms with Gasteiger partial charge < -0.3 is 10.1 Å². The molecule has 0 spiro atoms. The molecule has 0 atom stereocenters. The third-order valence-electron chi connectivity index (χ3n) is 1.57. The summed E-state index contributed by atoms with van der Waals surface area (Å²) in [7, 11) is -3.04. The number of benzene rings is 1. The van der Waals surface area contributed by atoms with Crippen LogP contribution in [0.4, 0.5) is 9.57 Å². The fraction of sp³-hybridized carbons (Fsp3) is 0.111. The first-order valence-corrected chi connectivity index (χ1v) is 5.48. The summed E-state index contributed by atoms with van der Waals surface area (Å²) in [6, 6.07) is 6.74. The molecule has 15 heavy (non-hydrogen) atoms. The lowest BCUT2D eigenvalue weighted by Gasteiger charge is -2.02. The third kappa shape index (κ3) is 4.46. The van der Waals surface area contributed by atoms with Crippen LogP contribution in [-0.4, -0.2) is 15.5 Å². The van der Waals surface area contributed by atoms with E-state index in [4.69, 9.17) is 4.74 Å². The van der Waals surface area contributed by atoms with Gasteiger partial charge in [-0.15, -0.1) is 3.89 Å². The summed E-state index contributed by atoms with van der Waals surface area (Å²) in [5.41, 5.74) is 0.635. The van der Waals surface area contributed by atoms with Gasteiger partial charge >= 0.3 is 10.2 Å². The van der Waals surface area contributed by atoms with Crippen LogP contribution in [0.2, 0.25) is 0 Å². The maximum Gasteiger partial charge on any atom is 0.326 e. The Morgan fingerprint density at radius 1 is 1.33 bits per heavy atom. The van der Waals surface area contributed by atoms with E-state index in [-0.39, 0.29) is 0 Å². The minimum Gasteiger partial charge on any atom is -0.497 e. The minimum absolute atomic E-state index is 0.442. The van der Waals surface area contributed by atoms with Gasteiger partial charge in [0.2, 0.25) is 0 Å². The number of hydrogen-bond donors (Lipinski definition) is 1. The maximum absolute atomic E-state index is 12.0. The minimum atomic E-state index is -4.57. The van der Waals surface area contributed by atoms with Crippen molar-refractivity contribution in [2.75, 3.05) is 12.4 Å². The molecular formula is C9H10FNO3S. The number of nitrogens with one attached hydrogen (secondary N) is 1. The third-order valence-corrected chi connectivity index (χ3v) is 2.03. The highest BCUT2D eigenvalue weighted by Gasteiger charge is 1.97. The predicted octanol–water partition coefficient (Wildman–Crippen LogP) is 1.88. The van der Waals surface area contributed by atoms with E-state index in [2.05, 4.69) is 5.32 Å². The van der Waals surface area contributed by atoms with Gasteiger partial charge in [0.05, 0.1) is 12.5 Å². The average molecular weight is 231 g/mol. The van der Waals surface area contributed by atoms with Gasteiger partial charge in [0.15, 0.2) is 0 Å². The maximum atomic E-state index is 12.0. The monoisotopic (exact) mass is 231 g/mol. The van der Waals surface area contributed by atoms with Gasteiger partial charge in [-0.3, -0.25) is 0 Å².